The van der Waals surface area contributed by atoms with Crippen LogP contribution in [0, 0.1) is 5.82 Å². The van der Waals surface area contributed by atoms with Gasteiger partial charge in [0.25, 0.3) is 5.89 Å². The van der Waals surface area contributed by atoms with Gasteiger partial charge in [0, 0.05) is 6.20 Å². The molecule has 0 radical (unpaired) electrons. The van der Waals surface area contributed by atoms with Crippen LogP contribution in [0.5, 0.6) is 5.75 Å². The second-order valence-corrected chi connectivity index (χ2v) is 4.36. The zero-order valence-electron chi connectivity index (χ0n) is 9.92. The molecule has 3 rings (SSSR count). The number of halogens is 2. The lowest BCUT2D eigenvalue weighted by Crippen LogP contribution is -1.87. The van der Waals surface area contributed by atoms with Crippen LogP contribution in [-0.2, 0) is 0 Å². The predicted octanol–water partition coefficient (Wildman–Crippen LogP) is 3.30. The van der Waals surface area contributed by atoms with E-state index in [1.54, 1.807) is 12.1 Å². The van der Waals surface area contributed by atoms with Crippen LogP contribution >= 0.6 is 11.6 Å². The van der Waals surface area contributed by atoms with E-state index in [-0.39, 0.29) is 23.0 Å². The maximum Gasteiger partial charge on any atom is 0.265 e. The van der Waals surface area contributed by atoms with Crippen molar-refractivity contribution in [2.24, 2.45) is 0 Å². The van der Waals surface area contributed by atoms with Crippen LogP contribution < -0.4 is 0 Å². The average molecular weight is 292 g/mol. The second kappa shape index (κ2) is 4.90. The van der Waals surface area contributed by atoms with Crippen molar-refractivity contribution < 1.29 is 14.0 Å². The summed E-state index contributed by atoms with van der Waals surface area (Å²) in [4.78, 5) is 8.05. The molecule has 0 unspecified atom stereocenters. The van der Waals surface area contributed by atoms with Gasteiger partial charge < -0.3 is 9.63 Å². The lowest BCUT2D eigenvalue weighted by atomic mass is 10.2. The summed E-state index contributed by atoms with van der Waals surface area (Å²) in [5.74, 6) is -0.861. The highest BCUT2D eigenvalue weighted by molar-refractivity contribution is 6.30. The third kappa shape index (κ3) is 2.21. The van der Waals surface area contributed by atoms with E-state index in [0.29, 0.717) is 10.7 Å². The van der Waals surface area contributed by atoms with Gasteiger partial charge in [-0.25, -0.2) is 4.39 Å². The van der Waals surface area contributed by atoms with Crippen LogP contribution in [-0.4, -0.2) is 20.2 Å². The molecule has 0 aliphatic carbocycles. The van der Waals surface area contributed by atoms with Crippen molar-refractivity contribution in [1.82, 2.24) is 15.1 Å². The molecule has 0 aliphatic rings. The molecule has 2 aromatic heterocycles. The first kappa shape index (κ1) is 12.6. The summed E-state index contributed by atoms with van der Waals surface area (Å²) in [5, 5.41) is 13.8. The number of benzene rings is 1. The Kier molecular flexibility index (Phi) is 3.08. The van der Waals surface area contributed by atoms with E-state index in [4.69, 9.17) is 16.1 Å². The summed E-state index contributed by atoms with van der Waals surface area (Å²) in [6.07, 6.45) is 1.44. The molecular weight excluding hydrogens is 285 g/mol. The molecule has 0 atom stereocenters. The molecule has 0 fully saturated rings. The molecule has 1 aromatic carbocycles. The summed E-state index contributed by atoms with van der Waals surface area (Å²) >= 11 is 5.73. The minimum Gasteiger partial charge on any atom is -0.507 e. The molecular formula is C13H7ClFN3O2. The Morgan fingerprint density at radius 2 is 2.05 bits per heavy atom. The number of hydrogen-bond donors (Lipinski definition) is 1. The normalized spacial score (nSPS) is 10.7. The summed E-state index contributed by atoms with van der Waals surface area (Å²) in [6.45, 7) is 0. The van der Waals surface area contributed by atoms with Gasteiger partial charge in [0.05, 0.1) is 5.02 Å². The van der Waals surface area contributed by atoms with E-state index in [9.17, 15) is 9.50 Å². The standard InChI is InChI=1S/C13H7ClFN3O2/c14-7-4-5-9(16-6-7)12-17-13(20-18-12)11-8(15)2-1-3-10(11)19/h1-6,19H. The van der Waals surface area contributed by atoms with Crippen molar-refractivity contribution in [3.05, 3.63) is 47.4 Å². The zero-order valence-corrected chi connectivity index (χ0v) is 10.7. The van der Waals surface area contributed by atoms with Gasteiger partial charge in [-0.2, -0.15) is 4.98 Å². The van der Waals surface area contributed by atoms with Crippen molar-refractivity contribution in [2.45, 2.75) is 0 Å². The first-order valence-corrected chi connectivity index (χ1v) is 5.96. The fourth-order valence-electron chi connectivity index (χ4n) is 1.66. The smallest absolute Gasteiger partial charge is 0.265 e. The third-order valence-corrected chi connectivity index (χ3v) is 2.81. The SMILES string of the molecule is Oc1cccc(F)c1-c1nc(-c2ccc(Cl)cn2)no1. The van der Waals surface area contributed by atoms with Gasteiger partial charge >= 0.3 is 0 Å². The largest absolute Gasteiger partial charge is 0.507 e. The maximum atomic E-state index is 13.7. The molecule has 0 bridgehead atoms. The molecule has 2 heterocycles. The lowest BCUT2D eigenvalue weighted by Gasteiger charge is -1.99. The quantitative estimate of drug-likeness (QED) is 0.784. The highest BCUT2D eigenvalue weighted by Gasteiger charge is 2.18. The maximum absolute atomic E-state index is 13.7. The van der Waals surface area contributed by atoms with Crippen LogP contribution in [0.25, 0.3) is 23.0 Å². The Balaban J connectivity index is 2.04. The van der Waals surface area contributed by atoms with E-state index in [0.717, 1.165) is 0 Å². The van der Waals surface area contributed by atoms with Gasteiger partial charge in [-0.15, -0.1) is 0 Å². The minimum atomic E-state index is -0.649. The molecule has 7 heteroatoms. The van der Waals surface area contributed by atoms with Crippen LogP contribution in [0.1, 0.15) is 0 Å². The Morgan fingerprint density at radius 1 is 1.20 bits per heavy atom. The van der Waals surface area contributed by atoms with Crippen LogP contribution in [0.2, 0.25) is 5.02 Å². The number of hydrogen-bond acceptors (Lipinski definition) is 5. The zero-order chi connectivity index (χ0) is 14.1. The first-order chi connectivity index (χ1) is 9.65. The number of nitrogens with zero attached hydrogens (tertiary/aromatic N) is 3. The summed E-state index contributed by atoms with van der Waals surface area (Å²) in [7, 11) is 0. The molecule has 5 nitrogen and oxygen atoms in total. The van der Waals surface area contributed by atoms with Gasteiger partial charge in [-0.3, -0.25) is 4.98 Å². The van der Waals surface area contributed by atoms with Crippen LogP contribution in [0.3, 0.4) is 0 Å². The Hall–Kier alpha value is -2.47. The van der Waals surface area contributed by atoms with Crippen LogP contribution in [0.4, 0.5) is 4.39 Å². The van der Waals surface area contributed by atoms with Gasteiger partial charge in [0.1, 0.15) is 22.8 Å². The number of phenolic OH excluding ortho intramolecular Hbond substituents is 1. The molecule has 0 saturated heterocycles. The molecule has 0 saturated carbocycles. The van der Waals surface area contributed by atoms with Crippen molar-refractivity contribution in [1.29, 1.82) is 0 Å². The van der Waals surface area contributed by atoms with E-state index in [2.05, 4.69) is 15.1 Å². The Labute approximate surface area is 117 Å². The molecule has 20 heavy (non-hydrogen) atoms. The highest BCUT2D eigenvalue weighted by atomic mass is 35.5. The third-order valence-electron chi connectivity index (χ3n) is 2.59. The topological polar surface area (TPSA) is 72.0 Å². The van der Waals surface area contributed by atoms with Crippen molar-refractivity contribution >= 4 is 11.6 Å². The monoisotopic (exact) mass is 291 g/mol. The van der Waals surface area contributed by atoms with Gasteiger partial charge in [0.15, 0.2) is 0 Å². The van der Waals surface area contributed by atoms with Crippen molar-refractivity contribution in [3.63, 3.8) is 0 Å². The molecule has 3 aromatic rings. The van der Waals surface area contributed by atoms with Gasteiger partial charge in [-0.05, 0) is 24.3 Å². The molecule has 1 N–H and O–H groups in total. The lowest BCUT2D eigenvalue weighted by molar-refractivity contribution is 0.421. The number of aromatic hydroxyl groups is 1. The minimum absolute atomic E-state index is 0.118. The van der Waals surface area contributed by atoms with Gasteiger partial charge in [-0.1, -0.05) is 22.8 Å². The summed E-state index contributed by atoms with van der Waals surface area (Å²) in [5.41, 5.74) is 0.292. The number of pyridine rings is 1. The van der Waals surface area contributed by atoms with E-state index >= 15 is 0 Å². The Bertz CT molecular complexity index is 738. The number of aromatic nitrogens is 3. The molecule has 100 valence electrons. The van der Waals surface area contributed by atoms with E-state index in [1.807, 2.05) is 0 Å². The fourth-order valence-corrected chi connectivity index (χ4v) is 1.77. The van der Waals surface area contributed by atoms with Gasteiger partial charge in [0.2, 0.25) is 5.82 Å². The highest BCUT2D eigenvalue weighted by Crippen LogP contribution is 2.31. The van der Waals surface area contributed by atoms with E-state index < -0.39 is 5.82 Å². The second-order valence-electron chi connectivity index (χ2n) is 3.92. The molecule has 0 spiro atoms. The molecule has 0 aliphatic heterocycles. The van der Waals surface area contributed by atoms with E-state index in [1.165, 1.54) is 24.4 Å². The summed E-state index contributed by atoms with van der Waals surface area (Å²) in [6, 6.07) is 7.15. The average Bonchev–Trinajstić information content (AvgIpc) is 2.89. The number of phenols is 1. The van der Waals surface area contributed by atoms with Crippen molar-refractivity contribution in [2.75, 3.05) is 0 Å². The van der Waals surface area contributed by atoms with Crippen LogP contribution in [0.15, 0.2) is 41.1 Å². The number of rotatable bonds is 2. The fraction of sp³-hybridized carbons (Fsp3) is 0. The van der Waals surface area contributed by atoms with Crippen molar-refractivity contribution in [3.8, 4) is 28.7 Å². The molecule has 0 amide bonds. The Morgan fingerprint density at radius 3 is 2.75 bits per heavy atom. The predicted molar refractivity (Wildman–Crippen MR) is 69.6 cm³/mol. The summed E-state index contributed by atoms with van der Waals surface area (Å²) < 4.78 is 18.6. The first-order valence-electron chi connectivity index (χ1n) is 5.58.